The molecule has 3 N–H and O–H groups in total. The lowest BCUT2D eigenvalue weighted by molar-refractivity contribution is 0.364. The summed E-state index contributed by atoms with van der Waals surface area (Å²) in [7, 11) is 0. The van der Waals surface area contributed by atoms with Crippen LogP contribution >= 0.6 is 0 Å². The largest absolute Gasteiger partial charge is 0.472 e. The first kappa shape index (κ1) is 10.2. The van der Waals surface area contributed by atoms with Gasteiger partial charge in [0.05, 0.1) is 12.5 Å². The highest BCUT2D eigenvalue weighted by molar-refractivity contribution is 5.18. The molecule has 17 heavy (non-hydrogen) atoms. The molecule has 92 valence electrons. The molecular formula is C14H20N2O. The summed E-state index contributed by atoms with van der Waals surface area (Å²) < 4.78 is 5.14. The maximum atomic E-state index is 5.76. The maximum Gasteiger partial charge on any atom is 0.0935 e. The van der Waals surface area contributed by atoms with Crippen LogP contribution in [0.5, 0.6) is 0 Å². The molecule has 3 fully saturated rings. The second-order valence-electron chi connectivity index (χ2n) is 6.17. The van der Waals surface area contributed by atoms with E-state index >= 15 is 0 Å². The Labute approximate surface area is 102 Å². The molecule has 2 bridgehead atoms. The summed E-state index contributed by atoms with van der Waals surface area (Å²) >= 11 is 0. The van der Waals surface area contributed by atoms with Crippen molar-refractivity contribution >= 4 is 0 Å². The molecule has 3 aliphatic rings. The summed E-state index contributed by atoms with van der Waals surface area (Å²) in [6, 6.07) is 2.50. The minimum atomic E-state index is 0.450. The second-order valence-corrected chi connectivity index (χ2v) is 6.17. The number of furan rings is 1. The Kier molecular flexibility index (Phi) is 2.15. The zero-order chi connectivity index (χ0) is 11.4. The molecule has 0 spiro atoms. The van der Waals surface area contributed by atoms with Gasteiger partial charge in [0, 0.05) is 6.04 Å². The van der Waals surface area contributed by atoms with E-state index in [2.05, 4.69) is 11.5 Å². The molecule has 0 amide bonds. The van der Waals surface area contributed by atoms with Crippen LogP contribution in [0.1, 0.15) is 24.8 Å². The van der Waals surface area contributed by atoms with Gasteiger partial charge in [-0.2, -0.15) is 0 Å². The lowest BCUT2D eigenvalue weighted by atomic mass is 9.94. The Morgan fingerprint density at radius 1 is 1.35 bits per heavy atom. The van der Waals surface area contributed by atoms with Gasteiger partial charge in [0.25, 0.3) is 0 Å². The Morgan fingerprint density at radius 3 is 2.71 bits per heavy atom. The summed E-state index contributed by atoms with van der Waals surface area (Å²) in [5.74, 6) is 10.6. The predicted molar refractivity (Wildman–Crippen MR) is 64.8 cm³/mol. The minimum Gasteiger partial charge on any atom is -0.472 e. The van der Waals surface area contributed by atoms with Gasteiger partial charge < -0.3 is 4.42 Å². The van der Waals surface area contributed by atoms with Gasteiger partial charge in [-0.05, 0) is 66.9 Å². The van der Waals surface area contributed by atoms with Crippen LogP contribution in [0.2, 0.25) is 0 Å². The lowest BCUT2D eigenvalue weighted by Crippen LogP contribution is -2.40. The second kappa shape index (κ2) is 3.59. The van der Waals surface area contributed by atoms with Crippen LogP contribution in [0.25, 0.3) is 0 Å². The molecule has 3 saturated carbocycles. The molecule has 0 saturated heterocycles. The highest BCUT2D eigenvalue weighted by Crippen LogP contribution is 2.70. The number of hydrazine groups is 1. The van der Waals surface area contributed by atoms with E-state index in [-0.39, 0.29) is 0 Å². The van der Waals surface area contributed by atoms with Crippen molar-refractivity contribution in [2.75, 3.05) is 0 Å². The van der Waals surface area contributed by atoms with E-state index in [4.69, 9.17) is 10.3 Å². The first-order valence-electron chi connectivity index (χ1n) is 6.85. The normalized spacial score (nSPS) is 43.7. The SMILES string of the molecule is NNC(Cc1ccoc1)C1C2C3CCC(C3)C21. The van der Waals surface area contributed by atoms with E-state index in [1.165, 1.54) is 24.8 Å². The standard InChI is InChI=1S/C14H20N2O/c15-16-11(5-8-3-4-17-7-8)14-12-9-1-2-10(6-9)13(12)14/h3-4,7,9-14,16H,1-2,5-6,15H2. The summed E-state index contributed by atoms with van der Waals surface area (Å²) in [5, 5.41) is 0. The molecule has 3 nitrogen and oxygen atoms in total. The van der Waals surface area contributed by atoms with Crippen LogP contribution in [0, 0.1) is 29.6 Å². The summed E-state index contributed by atoms with van der Waals surface area (Å²) in [6.07, 6.45) is 9.08. The quantitative estimate of drug-likeness (QED) is 0.616. The molecule has 3 heteroatoms. The van der Waals surface area contributed by atoms with E-state index in [0.717, 1.165) is 36.0 Å². The van der Waals surface area contributed by atoms with Crippen molar-refractivity contribution in [3.05, 3.63) is 24.2 Å². The van der Waals surface area contributed by atoms with Gasteiger partial charge in [0.1, 0.15) is 0 Å². The monoisotopic (exact) mass is 232 g/mol. The van der Waals surface area contributed by atoms with E-state index in [1.54, 1.807) is 6.26 Å². The highest BCUT2D eigenvalue weighted by atomic mass is 16.3. The predicted octanol–water partition coefficient (Wildman–Crippen LogP) is 1.95. The molecule has 5 atom stereocenters. The van der Waals surface area contributed by atoms with Crippen LogP contribution < -0.4 is 11.3 Å². The van der Waals surface area contributed by atoms with Crippen LogP contribution in [-0.2, 0) is 6.42 Å². The molecule has 1 heterocycles. The van der Waals surface area contributed by atoms with E-state index in [1.807, 2.05) is 6.26 Å². The summed E-state index contributed by atoms with van der Waals surface area (Å²) in [5.41, 5.74) is 4.33. The fourth-order valence-corrected chi connectivity index (χ4v) is 4.90. The van der Waals surface area contributed by atoms with Crippen molar-refractivity contribution in [3.63, 3.8) is 0 Å². The molecule has 1 aromatic rings. The third-order valence-electron chi connectivity index (χ3n) is 5.51. The summed E-state index contributed by atoms with van der Waals surface area (Å²) in [4.78, 5) is 0. The zero-order valence-electron chi connectivity index (χ0n) is 10.0. The van der Waals surface area contributed by atoms with Crippen LogP contribution in [0.4, 0.5) is 0 Å². The molecule has 0 aliphatic heterocycles. The topological polar surface area (TPSA) is 51.2 Å². The van der Waals surface area contributed by atoms with Crippen molar-refractivity contribution in [1.82, 2.24) is 5.43 Å². The fourth-order valence-electron chi connectivity index (χ4n) is 4.90. The molecule has 0 radical (unpaired) electrons. The van der Waals surface area contributed by atoms with Gasteiger partial charge in [-0.25, -0.2) is 0 Å². The third-order valence-corrected chi connectivity index (χ3v) is 5.51. The average Bonchev–Trinajstić information content (AvgIpc) is 2.82. The highest BCUT2D eigenvalue weighted by Gasteiger charge is 2.66. The Bertz CT molecular complexity index is 386. The maximum absolute atomic E-state index is 5.76. The number of nitrogens with one attached hydrogen (secondary N) is 1. The van der Waals surface area contributed by atoms with Gasteiger partial charge >= 0.3 is 0 Å². The molecule has 3 aliphatic carbocycles. The van der Waals surface area contributed by atoms with Crippen LogP contribution in [0.15, 0.2) is 23.0 Å². The molecule has 5 unspecified atom stereocenters. The van der Waals surface area contributed by atoms with Gasteiger partial charge in [0.2, 0.25) is 0 Å². The number of hydrogen-bond donors (Lipinski definition) is 2. The molecule has 4 rings (SSSR count). The van der Waals surface area contributed by atoms with Crippen molar-refractivity contribution < 1.29 is 4.42 Å². The Hall–Kier alpha value is -0.800. The van der Waals surface area contributed by atoms with Crippen molar-refractivity contribution in [2.45, 2.75) is 31.7 Å². The molecule has 1 aromatic heterocycles. The van der Waals surface area contributed by atoms with Gasteiger partial charge in [-0.3, -0.25) is 11.3 Å². The minimum absolute atomic E-state index is 0.450. The number of fused-ring (bicyclic) bond motifs is 5. The van der Waals surface area contributed by atoms with Crippen LogP contribution in [0.3, 0.4) is 0 Å². The Balaban J connectivity index is 1.48. The molecular weight excluding hydrogens is 212 g/mol. The van der Waals surface area contributed by atoms with Gasteiger partial charge in [-0.1, -0.05) is 0 Å². The zero-order valence-corrected chi connectivity index (χ0v) is 10.0. The van der Waals surface area contributed by atoms with E-state index in [0.29, 0.717) is 6.04 Å². The fraction of sp³-hybridized carbons (Fsp3) is 0.714. The van der Waals surface area contributed by atoms with Crippen molar-refractivity contribution in [3.8, 4) is 0 Å². The summed E-state index contributed by atoms with van der Waals surface area (Å²) in [6.45, 7) is 0. The first-order chi connectivity index (χ1) is 8.38. The molecule has 0 aromatic carbocycles. The van der Waals surface area contributed by atoms with Crippen LogP contribution in [-0.4, -0.2) is 6.04 Å². The van der Waals surface area contributed by atoms with Crippen molar-refractivity contribution in [1.29, 1.82) is 0 Å². The first-order valence-corrected chi connectivity index (χ1v) is 6.85. The van der Waals surface area contributed by atoms with Crippen molar-refractivity contribution in [2.24, 2.45) is 35.4 Å². The lowest BCUT2D eigenvalue weighted by Gasteiger charge is -2.18. The Morgan fingerprint density at radius 2 is 2.12 bits per heavy atom. The van der Waals surface area contributed by atoms with Gasteiger partial charge in [-0.15, -0.1) is 0 Å². The number of nitrogens with two attached hydrogens (primary N) is 1. The smallest absolute Gasteiger partial charge is 0.0935 e. The van der Waals surface area contributed by atoms with E-state index < -0.39 is 0 Å². The van der Waals surface area contributed by atoms with E-state index in [9.17, 15) is 0 Å². The third kappa shape index (κ3) is 1.42. The number of hydrogen-bond acceptors (Lipinski definition) is 3. The van der Waals surface area contributed by atoms with Gasteiger partial charge in [0.15, 0.2) is 0 Å². The number of rotatable bonds is 4. The average molecular weight is 232 g/mol.